The summed E-state index contributed by atoms with van der Waals surface area (Å²) in [6.45, 7) is 6.09. The van der Waals surface area contributed by atoms with Crippen molar-refractivity contribution in [3.8, 4) is 0 Å². The fraction of sp³-hybridized carbons (Fsp3) is 0.350. The minimum atomic E-state index is -3.34. The van der Waals surface area contributed by atoms with E-state index in [9.17, 15) is 13.2 Å². The Bertz CT molecular complexity index is 946. The molecule has 0 aliphatic carbocycles. The normalized spacial score (nSPS) is 16.5. The van der Waals surface area contributed by atoms with Crippen LogP contribution >= 0.6 is 0 Å². The lowest BCUT2D eigenvalue weighted by atomic mass is 10.1. The minimum absolute atomic E-state index is 0.151. The van der Waals surface area contributed by atoms with Crippen molar-refractivity contribution in [3.05, 3.63) is 64.2 Å². The number of esters is 1. The van der Waals surface area contributed by atoms with Crippen LogP contribution in [0.1, 0.15) is 39.5 Å². The van der Waals surface area contributed by atoms with Gasteiger partial charge in [-0.1, -0.05) is 29.3 Å². The fourth-order valence-electron chi connectivity index (χ4n) is 3.62. The molecule has 0 saturated heterocycles. The van der Waals surface area contributed by atoms with E-state index in [2.05, 4.69) is 6.07 Å². The summed E-state index contributed by atoms with van der Waals surface area (Å²) >= 11 is 0. The molecule has 2 aromatic carbocycles. The average Bonchev–Trinajstić information content (AvgIpc) is 2.86. The molecule has 1 unspecified atom stereocenters. The molecule has 0 radical (unpaired) electrons. The van der Waals surface area contributed by atoms with E-state index in [1.165, 1.54) is 10.6 Å². The third kappa shape index (κ3) is 3.75. The Morgan fingerprint density at radius 2 is 1.81 bits per heavy atom. The van der Waals surface area contributed by atoms with Crippen LogP contribution in [0.3, 0.4) is 0 Å². The molecule has 2 aromatic rings. The topological polar surface area (TPSA) is 63.7 Å². The van der Waals surface area contributed by atoms with Gasteiger partial charge in [-0.05, 0) is 56.5 Å². The van der Waals surface area contributed by atoms with Gasteiger partial charge in [0.25, 0.3) is 0 Å². The first-order valence-corrected chi connectivity index (χ1v) is 10.4. The standard InChI is InChI=1S/C20H23NO4S/c1-13-7-14(2)9-16(8-13)12-25-20(22)17-5-6-19-18(11-17)10-15(3)21(19)26(4,23)24/h5-9,11,15H,10,12H2,1-4H3. The zero-order chi connectivity index (χ0) is 19.1. The van der Waals surface area contributed by atoms with E-state index in [-0.39, 0.29) is 12.6 Å². The molecule has 0 amide bonds. The van der Waals surface area contributed by atoms with E-state index in [0.29, 0.717) is 17.7 Å². The molecule has 0 fully saturated rings. The molecule has 26 heavy (non-hydrogen) atoms. The van der Waals surface area contributed by atoms with Crippen LogP contribution in [0.4, 0.5) is 5.69 Å². The summed E-state index contributed by atoms with van der Waals surface area (Å²) in [5.41, 5.74) is 5.14. The molecule has 1 atom stereocenters. The molecule has 0 N–H and O–H groups in total. The molecule has 5 nitrogen and oxygen atoms in total. The second-order valence-electron chi connectivity index (χ2n) is 7.03. The second kappa shape index (κ2) is 6.76. The molecular formula is C20H23NO4S. The van der Waals surface area contributed by atoms with Crippen molar-refractivity contribution in [1.29, 1.82) is 0 Å². The highest BCUT2D eigenvalue weighted by Crippen LogP contribution is 2.34. The second-order valence-corrected chi connectivity index (χ2v) is 8.89. The molecule has 1 aliphatic rings. The summed E-state index contributed by atoms with van der Waals surface area (Å²) < 4.78 is 30.8. The first-order valence-electron chi connectivity index (χ1n) is 8.52. The van der Waals surface area contributed by atoms with Gasteiger partial charge in [-0.3, -0.25) is 4.31 Å². The number of nitrogens with zero attached hydrogens (tertiary/aromatic N) is 1. The van der Waals surface area contributed by atoms with Crippen LogP contribution in [-0.4, -0.2) is 26.7 Å². The zero-order valence-corrected chi connectivity index (χ0v) is 16.3. The van der Waals surface area contributed by atoms with Gasteiger partial charge in [0.15, 0.2) is 0 Å². The predicted molar refractivity (Wildman–Crippen MR) is 102 cm³/mol. The average molecular weight is 373 g/mol. The lowest BCUT2D eigenvalue weighted by Crippen LogP contribution is -2.34. The van der Waals surface area contributed by atoms with Gasteiger partial charge in [0.2, 0.25) is 10.0 Å². The van der Waals surface area contributed by atoms with Gasteiger partial charge in [-0.2, -0.15) is 0 Å². The highest BCUT2D eigenvalue weighted by atomic mass is 32.2. The van der Waals surface area contributed by atoms with Crippen molar-refractivity contribution in [2.75, 3.05) is 10.6 Å². The van der Waals surface area contributed by atoms with Gasteiger partial charge in [0.1, 0.15) is 6.61 Å². The third-order valence-corrected chi connectivity index (χ3v) is 5.75. The van der Waals surface area contributed by atoms with Crippen molar-refractivity contribution in [3.63, 3.8) is 0 Å². The number of aryl methyl sites for hydroxylation is 2. The monoisotopic (exact) mass is 373 g/mol. The summed E-state index contributed by atoms with van der Waals surface area (Å²) in [7, 11) is -3.34. The first-order chi connectivity index (χ1) is 12.1. The van der Waals surface area contributed by atoms with Gasteiger partial charge in [-0.15, -0.1) is 0 Å². The lowest BCUT2D eigenvalue weighted by Gasteiger charge is -2.21. The Balaban J connectivity index is 1.77. The minimum Gasteiger partial charge on any atom is -0.457 e. The SMILES string of the molecule is Cc1cc(C)cc(COC(=O)c2ccc3c(c2)CC(C)N3S(C)(=O)=O)c1. The Morgan fingerprint density at radius 3 is 2.42 bits per heavy atom. The van der Waals surface area contributed by atoms with Crippen molar-refractivity contribution in [1.82, 2.24) is 0 Å². The van der Waals surface area contributed by atoms with Crippen LogP contribution in [0.15, 0.2) is 36.4 Å². The molecule has 0 spiro atoms. The van der Waals surface area contributed by atoms with Crippen LogP contribution in [0.5, 0.6) is 0 Å². The fourth-order valence-corrected chi connectivity index (χ4v) is 4.88. The van der Waals surface area contributed by atoms with Crippen LogP contribution in [0.25, 0.3) is 0 Å². The van der Waals surface area contributed by atoms with E-state index >= 15 is 0 Å². The quantitative estimate of drug-likeness (QED) is 0.771. The number of benzene rings is 2. The maximum atomic E-state index is 12.4. The van der Waals surface area contributed by atoms with Crippen LogP contribution in [-0.2, 0) is 27.8 Å². The first kappa shape index (κ1) is 18.5. The summed E-state index contributed by atoms with van der Waals surface area (Å²) in [6, 6.07) is 11.0. The zero-order valence-electron chi connectivity index (χ0n) is 15.4. The summed E-state index contributed by atoms with van der Waals surface area (Å²) in [5.74, 6) is -0.405. The highest BCUT2D eigenvalue weighted by molar-refractivity contribution is 7.92. The van der Waals surface area contributed by atoms with Gasteiger partial charge in [0, 0.05) is 6.04 Å². The number of ether oxygens (including phenoxy) is 1. The molecule has 1 aliphatic heterocycles. The molecular weight excluding hydrogens is 350 g/mol. The number of hydrogen-bond donors (Lipinski definition) is 0. The van der Waals surface area contributed by atoms with Crippen molar-refractivity contribution < 1.29 is 17.9 Å². The number of sulfonamides is 1. The van der Waals surface area contributed by atoms with Crippen LogP contribution < -0.4 is 4.31 Å². The molecule has 138 valence electrons. The smallest absolute Gasteiger partial charge is 0.338 e. The number of carbonyl (C=O) groups is 1. The molecule has 3 rings (SSSR count). The molecule has 0 aromatic heterocycles. The van der Waals surface area contributed by atoms with E-state index in [4.69, 9.17) is 4.74 Å². The predicted octanol–water partition coefficient (Wildman–Crippen LogP) is 3.37. The van der Waals surface area contributed by atoms with Gasteiger partial charge in [-0.25, -0.2) is 13.2 Å². The summed E-state index contributed by atoms with van der Waals surface area (Å²) in [5, 5.41) is 0. The number of hydrogen-bond acceptors (Lipinski definition) is 4. The van der Waals surface area contributed by atoms with Crippen molar-refractivity contribution >= 4 is 21.7 Å². The maximum absolute atomic E-state index is 12.4. The van der Waals surface area contributed by atoms with Crippen LogP contribution in [0.2, 0.25) is 0 Å². The van der Waals surface area contributed by atoms with Gasteiger partial charge < -0.3 is 4.74 Å². The van der Waals surface area contributed by atoms with Crippen molar-refractivity contribution in [2.24, 2.45) is 0 Å². The third-order valence-electron chi connectivity index (χ3n) is 4.48. The molecule has 0 bridgehead atoms. The maximum Gasteiger partial charge on any atom is 0.338 e. The molecule has 1 heterocycles. The molecule has 0 saturated carbocycles. The Labute approximate surface area is 154 Å². The summed E-state index contributed by atoms with van der Waals surface area (Å²) in [4.78, 5) is 12.4. The van der Waals surface area contributed by atoms with Crippen molar-refractivity contribution in [2.45, 2.75) is 39.8 Å². The van der Waals surface area contributed by atoms with E-state index in [1.54, 1.807) is 18.2 Å². The number of carbonyl (C=O) groups excluding carboxylic acids is 1. The van der Waals surface area contributed by atoms with E-state index < -0.39 is 16.0 Å². The van der Waals surface area contributed by atoms with Gasteiger partial charge in [0.05, 0.1) is 17.5 Å². The number of fused-ring (bicyclic) bond motifs is 1. The summed E-state index contributed by atoms with van der Waals surface area (Å²) in [6.07, 6.45) is 1.78. The lowest BCUT2D eigenvalue weighted by molar-refractivity contribution is 0.0472. The Morgan fingerprint density at radius 1 is 1.15 bits per heavy atom. The largest absolute Gasteiger partial charge is 0.457 e. The van der Waals surface area contributed by atoms with Crippen LogP contribution in [0, 0.1) is 13.8 Å². The Hall–Kier alpha value is -2.34. The number of rotatable bonds is 4. The molecule has 6 heteroatoms. The highest BCUT2D eigenvalue weighted by Gasteiger charge is 2.32. The number of anilines is 1. The van der Waals surface area contributed by atoms with Gasteiger partial charge >= 0.3 is 5.97 Å². The van der Waals surface area contributed by atoms with E-state index in [1.807, 2.05) is 32.9 Å². The van der Waals surface area contributed by atoms with E-state index in [0.717, 1.165) is 22.3 Å². The Kier molecular flexibility index (Phi) is 4.80.